The van der Waals surface area contributed by atoms with Gasteiger partial charge in [0.1, 0.15) is 17.8 Å². The van der Waals surface area contributed by atoms with E-state index in [0.717, 1.165) is 24.9 Å². The SMILES string of the molecule is Cc1cccc(OCCCCN2C(=O)COc3ccc(C=O)cc32)c1. The predicted octanol–water partition coefficient (Wildman–Crippen LogP) is 3.39. The van der Waals surface area contributed by atoms with Gasteiger partial charge in [-0.05, 0) is 55.7 Å². The van der Waals surface area contributed by atoms with Crippen LogP contribution in [0.4, 0.5) is 5.69 Å². The lowest BCUT2D eigenvalue weighted by Crippen LogP contribution is -2.39. The Kier molecular flexibility index (Phi) is 5.33. The van der Waals surface area contributed by atoms with Crippen molar-refractivity contribution in [2.75, 3.05) is 24.7 Å². The van der Waals surface area contributed by atoms with Crippen LogP contribution >= 0.6 is 0 Å². The van der Waals surface area contributed by atoms with Crippen molar-refractivity contribution in [3.05, 3.63) is 53.6 Å². The molecule has 0 radical (unpaired) electrons. The number of hydrogen-bond donors (Lipinski definition) is 0. The maximum atomic E-state index is 12.2. The zero-order valence-electron chi connectivity index (χ0n) is 14.2. The van der Waals surface area contributed by atoms with Gasteiger partial charge in [0, 0.05) is 12.1 Å². The Hall–Kier alpha value is -2.82. The number of ether oxygens (including phenoxy) is 2. The Labute approximate surface area is 147 Å². The van der Waals surface area contributed by atoms with Crippen LogP contribution in [-0.4, -0.2) is 32.0 Å². The summed E-state index contributed by atoms with van der Waals surface area (Å²) in [5.41, 5.74) is 2.37. The summed E-state index contributed by atoms with van der Waals surface area (Å²) in [6.07, 6.45) is 2.41. The summed E-state index contributed by atoms with van der Waals surface area (Å²) in [6.45, 7) is 3.24. The largest absolute Gasteiger partial charge is 0.494 e. The molecule has 1 aliphatic heterocycles. The number of anilines is 1. The van der Waals surface area contributed by atoms with Gasteiger partial charge >= 0.3 is 0 Å². The minimum atomic E-state index is -0.0878. The van der Waals surface area contributed by atoms with Gasteiger partial charge in [0.25, 0.3) is 5.91 Å². The molecule has 0 saturated carbocycles. The third-order valence-corrected chi connectivity index (χ3v) is 4.10. The molecule has 25 heavy (non-hydrogen) atoms. The average Bonchev–Trinajstić information content (AvgIpc) is 2.62. The summed E-state index contributed by atoms with van der Waals surface area (Å²) in [5, 5.41) is 0. The number of carbonyl (C=O) groups is 2. The number of nitrogens with zero attached hydrogens (tertiary/aromatic N) is 1. The Morgan fingerprint density at radius 3 is 2.88 bits per heavy atom. The molecule has 0 spiro atoms. The van der Waals surface area contributed by atoms with Crippen LogP contribution < -0.4 is 14.4 Å². The maximum absolute atomic E-state index is 12.2. The number of hydrogen-bond acceptors (Lipinski definition) is 4. The normalized spacial score (nSPS) is 13.2. The van der Waals surface area contributed by atoms with E-state index in [2.05, 4.69) is 0 Å². The van der Waals surface area contributed by atoms with Crippen LogP contribution in [0.3, 0.4) is 0 Å². The quantitative estimate of drug-likeness (QED) is 0.573. The molecule has 0 bridgehead atoms. The van der Waals surface area contributed by atoms with Crippen LogP contribution in [0.25, 0.3) is 0 Å². The molecule has 2 aromatic carbocycles. The topological polar surface area (TPSA) is 55.8 Å². The highest BCUT2D eigenvalue weighted by molar-refractivity contribution is 5.98. The first kappa shape index (κ1) is 17.0. The van der Waals surface area contributed by atoms with E-state index < -0.39 is 0 Å². The summed E-state index contributed by atoms with van der Waals surface area (Å²) in [6, 6.07) is 13.1. The molecule has 5 heteroatoms. The van der Waals surface area contributed by atoms with Gasteiger partial charge in [-0.2, -0.15) is 0 Å². The molecule has 0 aliphatic carbocycles. The Bertz CT molecular complexity index is 772. The summed E-state index contributed by atoms with van der Waals surface area (Å²) < 4.78 is 11.2. The number of benzene rings is 2. The van der Waals surface area contributed by atoms with E-state index in [4.69, 9.17) is 9.47 Å². The molecule has 1 heterocycles. The highest BCUT2D eigenvalue weighted by Crippen LogP contribution is 2.32. The highest BCUT2D eigenvalue weighted by atomic mass is 16.5. The van der Waals surface area contributed by atoms with Crippen LogP contribution in [0, 0.1) is 6.92 Å². The number of carbonyl (C=O) groups excluding carboxylic acids is 2. The Morgan fingerprint density at radius 1 is 1.20 bits per heavy atom. The van der Waals surface area contributed by atoms with Gasteiger partial charge in [0.05, 0.1) is 12.3 Å². The van der Waals surface area contributed by atoms with Gasteiger partial charge in [-0.3, -0.25) is 9.59 Å². The number of unbranched alkanes of at least 4 members (excludes halogenated alkanes) is 1. The average molecular weight is 339 g/mol. The summed E-state index contributed by atoms with van der Waals surface area (Å²) in [5.74, 6) is 1.42. The van der Waals surface area contributed by atoms with Crippen molar-refractivity contribution in [2.24, 2.45) is 0 Å². The van der Waals surface area contributed by atoms with Gasteiger partial charge in [0.2, 0.25) is 0 Å². The van der Waals surface area contributed by atoms with Gasteiger partial charge in [0.15, 0.2) is 6.61 Å². The first-order chi connectivity index (χ1) is 12.2. The molecule has 0 unspecified atom stereocenters. The zero-order chi connectivity index (χ0) is 17.6. The summed E-state index contributed by atoms with van der Waals surface area (Å²) in [4.78, 5) is 24.8. The first-order valence-electron chi connectivity index (χ1n) is 8.39. The van der Waals surface area contributed by atoms with Crippen molar-refractivity contribution in [1.29, 1.82) is 0 Å². The molecule has 5 nitrogen and oxygen atoms in total. The van der Waals surface area contributed by atoms with Gasteiger partial charge in [-0.1, -0.05) is 12.1 Å². The van der Waals surface area contributed by atoms with Crippen molar-refractivity contribution in [3.8, 4) is 11.5 Å². The lowest BCUT2D eigenvalue weighted by Gasteiger charge is -2.29. The molecule has 130 valence electrons. The molecular weight excluding hydrogens is 318 g/mol. The molecule has 0 N–H and O–H groups in total. The van der Waals surface area contributed by atoms with Crippen LogP contribution in [-0.2, 0) is 4.79 Å². The first-order valence-corrected chi connectivity index (χ1v) is 8.39. The summed E-state index contributed by atoms with van der Waals surface area (Å²) >= 11 is 0. The fourth-order valence-electron chi connectivity index (χ4n) is 2.80. The second kappa shape index (κ2) is 7.83. The second-order valence-electron chi connectivity index (χ2n) is 6.05. The third kappa shape index (κ3) is 4.18. The van der Waals surface area contributed by atoms with Gasteiger partial charge in [-0.25, -0.2) is 0 Å². The van der Waals surface area contributed by atoms with Crippen LogP contribution in [0.15, 0.2) is 42.5 Å². The number of fused-ring (bicyclic) bond motifs is 1. The highest BCUT2D eigenvalue weighted by Gasteiger charge is 2.25. The van der Waals surface area contributed by atoms with Crippen molar-refractivity contribution < 1.29 is 19.1 Å². The maximum Gasteiger partial charge on any atom is 0.265 e. The fraction of sp³-hybridized carbons (Fsp3) is 0.300. The Morgan fingerprint density at radius 2 is 2.08 bits per heavy atom. The van der Waals surface area contributed by atoms with E-state index in [1.165, 1.54) is 5.56 Å². The van der Waals surface area contributed by atoms with Crippen LogP contribution in [0.1, 0.15) is 28.8 Å². The van der Waals surface area contributed by atoms with Crippen LogP contribution in [0.5, 0.6) is 11.5 Å². The van der Waals surface area contributed by atoms with Crippen molar-refractivity contribution in [2.45, 2.75) is 19.8 Å². The minimum absolute atomic E-state index is 0.0349. The Balaban J connectivity index is 1.54. The van der Waals surface area contributed by atoms with E-state index in [-0.39, 0.29) is 12.5 Å². The van der Waals surface area contributed by atoms with Crippen molar-refractivity contribution >= 4 is 17.9 Å². The smallest absolute Gasteiger partial charge is 0.265 e. The van der Waals surface area contributed by atoms with Crippen molar-refractivity contribution in [3.63, 3.8) is 0 Å². The minimum Gasteiger partial charge on any atom is -0.494 e. The monoisotopic (exact) mass is 339 g/mol. The van der Waals surface area contributed by atoms with Gasteiger partial charge < -0.3 is 14.4 Å². The molecular formula is C20H21NO4. The van der Waals surface area contributed by atoms with E-state index in [9.17, 15) is 9.59 Å². The van der Waals surface area contributed by atoms with E-state index in [1.54, 1.807) is 23.1 Å². The predicted molar refractivity (Wildman–Crippen MR) is 95.6 cm³/mol. The lowest BCUT2D eigenvalue weighted by molar-refractivity contribution is -0.121. The zero-order valence-corrected chi connectivity index (χ0v) is 14.2. The third-order valence-electron chi connectivity index (χ3n) is 4.10. The second-order valence-corrected chi connectivity index (χ2v) is 6.05. The number of aryl methyl sites for hydroxylation is 1. The molecule has 0 aromatic heterocycles. The molecule has 1 amide bonds. The van der Waals surface area contributed by atoms with Gasteiger partial charge in [-0.15, -0.1) is 0 Å². The molecule has 0 atom stereocenters. The standard InChI is InChI=1S/C20H21NO4/c1-15-5-4-6-17(11-15)24-10-3-2-9-21-18-12-16(13-22)7-8-19(18)25-14-20(21)23/h4-8,11-13H,2-3,9-10,14H2,1H3. The molecule has 1 aliphatic rings. The lowest BCUT2D eigenvalue weighted by atomic mass is 10.1. The van der Waals surface area contributed by atoms with E-state index >= 15 is 0 Å². The molecule has 0 fully saturated rings. The molecule has 3 rings (SSSR count). The van der Waals surface area contributed by atoms with Crippen molar-refractivity contribution in [1.82, 2.24) is 0 Å². The van der Waals surface area contributed by atoms with Crippen LogP contribution in [0.2, 0.25) is 0 Å². The molecule has 2 aromatic rings. The van der Waals surface area contributed by atoms with E-state index in [1.807, 2.05) is 31.2 Å². The fourth-order valence-corrected chi connectivity index (χ4v) is 2.80. The number of aldehydes is 1. The van der Waals surface area contributed by atoms with E-state index in [0.29, 0.717) is 30.2 Å². The summed E-state index contributed by atoms with van der Waals surface area (Å²) in [7, 11) is 0. The number of amides is 1. The molecule has 0 saturated heterocycles. The number of rotatable bonds is 7.